The van der Waals surface area contributed by atoms with Crippen molar-refractivity contribution in [2.24, 2.45) is 0 Å². The fourth-order valence-corrected chi connectivity index (χ4v) is 3.41. The number of carbonyl (C=O) groups is 1. The summed E-state index contributed by atoms with van der Waals surface area (Å²) in [7, 11) is 0. The van der Waals surface area contributed by atoms with E-state index >= 15 is 0 Å². The first kappa shape index (κ1) is 18.5. The second-order valence-corrected chi connectivity index (χ2v) is 6.81. The zero-order valence-electron chi connectivity index (χ0n) is 15.0. The third-order valence-electron chi connectivity index (χ3n) is 3.74. The van der Waals surface area contributed by atoms with Crippen molar-refractivity contribution < 1.29 is 9.53 Å². The molecule has 136 valence electrons. The SMILES string of the molecule is CCOC(=O)c1cnn(Cc2nc(-c3cc(C)cc(/C=C/C#N)c3)cs2)c1. The minimum Gasteiger partial charge on any atom is -0.462 e. The van der Waals surface area contributed by atoms with Crippen molar-refractivity contribution in [3.05, 3.63) is 63.7 Å². The Kier molecular flexibility index (Phi) is 5.79. The molecule has 0 aliphatic rings. The summed E-state index contributed by atoms with van der Waals surface area (Å²) in [6.45, 7) is 4.60. The summed E-state index contributed by atoms with van der Waals surface area (Å²) in [4.78, 5) is 16.4. The molecule has 0 aliphatic carbocycles. The lowest BCUT2D eigenvalue weighted by atomic mass is 10.0. The van der Waals surface area contributed by atoms with Crippen molar-refractivity contribution in [2.45, 2.75) is 20.4 Å². The van der Waals surface area contributed by atoms with Gasteiger partial charge in [0.05, 0.1) is 36.7 Å². The largest absolute Gasteiger partial charge is 0.462 e. The van der Waals surface area contributed by atoms with E-state index in [1.165, 1.54) is 23.6 Å². The van der Waals surface area contributed by atoms with Crippen molar-refractivity contribution in [1.82, 2.24) is 14.8 Å². The van der Waals surface area contributed by atoms with Crippen LogP contribution in [-0.4, -0.2) is 27.3 Å². The molecule has 0 unspecified atom stereocenters. The molecule has 3 rings (SSSR count). The molecule has 0 atom stereocenters. The highest BCUT2D eigenvalue weighted by molar-refractivity contribution is 7.09. The molecule has 7 heteroatoms. The molecule has 0 bridgehead atoms. The lowest BCUT2D eigenvalue weighted by molar-refractivity contribution is 0.0526. The third-order valence-corrected chi connectivity index (χ3v) is 4.57. The first-order valence-corrected chi connectivity index (χ1v) is 9.29. The lowest BCUT2D eigenvalue weighted by Gasteiger charge is -2.02. The number of ether oxygens (including phenoxy) is 1. The number of aryl methyl sites for hydroxylation is 1. The predicted molar refractivity (Wildman–Crippen MR) is 104 cm³/mol. The van der Waals surface area contributed by atoms with Crippen LogP contribution in [0.2, 0.25) is 0 Å². The third kappa shape index (κ3) is 4.68. The van der Waals surface area contributed by atoms with E-state index in [1.54, 1.807) is 23.9 Å². The van der Waals surface area contributed by atoms with Gasteiger partial charge in [-0.25, -0.2) is 9.78 Å². The van der Waals surface area contributed by atoms with Crippen LogP contribution in [0.15, 0.2) is 42.0 Å². The summed E-state index contributed by atoms with van der Waals surface area (Å²) < 4.78 is 6.65. The monoisotopic (exact) mass is 378 g/mol. The highest BCUT2D eigenvalue weighted by Gasteiger charge is 2.11. The molecule has 0 saturated heterocycles. The first-order chi connectivity index (χ1) is 13.1. The number of benzene rings is 1. The highest BCUT2D eigenvalue weighted by Crippen LogP contribution is 2.25. The molecule has 0 amide bonds. The lowest BCUT2D eigenvalue weighted by Crippen LogP contribution is -2.04. The number of thiazole rings is 1. The zero-order chi connectivity index (χ0) is 19.2. The number of aromatic nitrogens is 3. The summed E-state index contributed by atoms with van der Waals surface area (Å²) in [5, 5.41) is 15.8. The van der Waals surface area contributed by atoms with Crippen molar-refractivity contribution in [3.8, 4) is 17.3 Å². The van der Waals surface area contributed by atoms with Crippen molar-refractivity contribution in [3.63, 3.8) is 0 Å². The summed E-state index contributed by atoms with van der Waals surface area (Å²) in [6, 6.07) is 8.10. The van der Waals surface area contributed by atoms with Crippen LogP contribution in [0.25, 0.3) is 17.3 Å². The summed E-state index contributed by atoms with van der Waals surface area (Å²) in [6.07, 6.45) is 6.41. The van der Waals surface area contributed by atoms with Crippen molar-refractivity contribution in [2.75, 3.05) is 6.61 Å². The number of carbonyl (C=O) groups excluding carboxylic acids is 1. The van der Waals surface area contributed by atoms with Crippen LogP contribution in [0.1, 0.15) is 33.4 Å². The second kappa shape index (κ2) is 8.43. The number of rotatable bonds is 6. The van der Waals surface area contributed by atoms with E-state index in [2.05, 4.69) is 16.1 Å². The van der Waals surface area contributed by atoms with E-state index in [9.17, 15) is 4.79 Å². The minimum absolute atomic E-state index is 0.335. The number of hydrogen-bond donors (Lipinski definition) is 0. The number of nitriles is 1. The van der Waals surface area contributed by atoms with Gasteiger partial charge >= 0.3 is 5.97 Å². The number of nitrogens with zero attached hydrogens (tertiary/aromatic N) is 4. The molecule has 3 aromatic rings. The molecule has 1 aromatic carbocycles. The van der Waals surface area contributed by atoms with Crippen LogP contribution in [0.5, 0.6) is 0 Å². The van der Waals surface area contributed by atoms with E-state index in [0.29, 0.717) is 18.7 Å². The van der Waals surface area contributed by atoms with Gasteiger partial charge in [0, 0.05) is 23.2 Å². The fourth-order valence-electron chi connectivity index (χ4n) is 2.61. The molecule has 0 fully saturated rings. The Bertz CT molecular complexity index is 1030. The number of esters is 1. The Balaban J connectivity index is 1.78. The van der Waals surface area contributed by atoms with Crippen molar-refractivity contribution in [1.29, 1.82) is 5.26 Å². The molecule has 0 N–H and O–H groups in total. The van der Waals surface area contributed by atoms with E-state index in [4.69, 9.17) is 10.00 Å². The second-order valence-electron chi connectivity index (χ2n) is 5.87. The van der Waals surface area contributed by atoms with Gasteiger partial charge < -0.3 is 4.74 Å². The Hall–Kier alpha value is -3.24. The predicted octanol–water partition coefficient (Wildman–Crippen LogP) is 4.08. The maximum absolute atomic E-state index is 11.7. The van der Waals surface area contributed by atoms with Gasteiger partial charge in [-0.05, 0) is 43.2 Å². The quantitative estimate of drug-likeness (QED) is 0.477. The Morgan fingerprint density at radius 2 is 2.26 bits per heavy atom. The van der Waals surface area contributed by atoms with Gasteiger partial charge in [0.25, 0.3) is 0 Å². The molecule has 0 spiro atoms. The molecule has 2 heterocycles. The normalized spacial score (nSPS) is 10.9. The van der Waals surface area contributed by atoms with Gasteiger partial charge in [-0.15, -0.1) is 11.3 Å². The van der Waals surface area contributed by atoms with E-state index in [-0.39, 0.29) is 5.97 Å². The van der Waals surface area contributed by atoms with Crippen LogP contribution < -0.4 is 0 Å². The fraction of sp³-hybridized carbons (Fsp3) is 0.200. The number of hydrogen-bond acceptors (Lipinski definition) is 6. The Labute approximate surface area is 161 Å². The van der Waals surface area contributed by atoms with Crippen LogP contribution in [0.4, 0.5) is 0 Å². The van der Waals surface area contributed by atoms with Gasteiger partial charge in [-0.3, -0.25) is 4.68 Å². The minimum atomic E-state index is -0.374. The molecular formula is C20H18N4O2S. The van der Waals surface area contributed by atoms with Gasteiger partial charge in [0.2, 0.25) is 0 Å². The molecule has 2 aromatic heterocycles. The molecule has 0 radical (unpaired) electrons. The number of allylic oxidation sites excluding steroid dienone is 1. The van der Waals surface area contributed by atoms with Gasteiger partial charge in [0.15, 0.2) is 0 Å². The van der Waals surface area contributed by atoms with E-state index in [1.807, 2.05) is 30.5 Å². The molecule has 0 aliphatic heterocycles. The molecule has 6 nitrogen and oxygen atoms in total. The average molecular weight is 378 g/mol. The maximum Gasteiger partial charge on any atom is 0.341 e. The Morgan fingerprint density at radius 3 is 3.04 bits per heavy atom. The van der Waals surface area contributed by atoms with Crippen molar-refractivity contribution >= 4 is 23.4 Å². The standard InChI is InChI=1S/C20H18N4O2S/c1-3-26-20(25)17-10-22-24(11-17)12-19-23-18(13-27-19)16-8-14(2)7-15(9-16)5-4-6-21/h4-5,7-11,13H,3,12H2,1-2H3/b5-4+. The van der Waals surface area contributed by atoms with Gasteiger partial charge in [0.1, 0.15) is 5.01 Å². The van der Waals surface area contributed by atoms with E-state index < -0.39 is 0 Å². The average Bonchev–Trinajstić information content (AvgIpc) is 3.30. The topological polar surface area (TPSA) is 80.8 Å². The van der Waals surface area contributed by atoms with E-state index in [0.717, 1.165) is 27.4 Å². The zero-order valence-corrected chi connectivity index (χ0v) is 15.9. The van der Waals surface area contributed by atoms with Crippen LogP contribution in [-0.2, 0) is 11.3 Å². The summed E-state index contributed by atoms with van der Waals surface area (Å²) in [5.74, 6) is -0.374. The maximum atomic E-state index is 11.7. The molecular weight excluding hydrogens is 360 g/mol. The molecule has 0 saturated carbocycles. The van der Waals surface area contributed by atoms with Gasteiger partial charge in [-0.2, -0.15) is 10.4 Å². The summed E-state index contributed by atoms with van der Waals surface area (Å²) in [5.41, 5.74) is 4.38. The first-order valence-electron chi connectivity index (χ1n) is 8.41. The van der Waals surface area contributed by atoms with Crippen LogP contribution in [0.3, 0.4) is 0 Å². The highest BCUT2D eigenvalue weighted by atomic mass is 32.1. The smallest absolute Gasteiger partial charge is 0.341 e. The Morgan fingerprint density at radius 1 is 1.41 bits per heavy atom. The van der Waals surface area contributed by atoms with Gasteiger partial charge in [-0.1, -0.05) is 6.07 Å². The molecule has 27 heavy (non-hydrogen) atoms. The summed E-state index contributed by atoms with van der Waals surface area (Å²) >= 11 is 1.54. The van der Waals surface area contributed by atoms with Crippen LogP contribution in [0, 0.1) is 18.3 Å². The van der Waals surface area contributed by atoms with Crippen LogP contribution >= 0.6 is 11.3 Å².